The molecule has 23 heavy (non-hydrogen) atoms. The second kappa shape index (κ2) is 7.84. The standard InChI is InChI=1S/C18H19BrClNO2/c1-11-4-6-15(12(2)8-11)13(3)21-18(22)10-23-17-7-5-14(20)9-16(17)19/h4-9,13H,10H2,1-3H3,(H,21,22). The first kappa shape index (κ1) is 17.8. The molecule has 0 fully saturated rings. The fourth-order valence-electron chi connectivity index (χ4n) is 2.41. The van der Waals surface area contributed by atoms with E-state index in [0.717, 1.165) is 10.0 Å². The summed E-state index contributed by atoms with van der Waals surface area (Å²) in [5.41, 5.74) is 3.48. The molecule has 1 unspecified atom stereocenters. The van der Waals surface area contributed by atoms with E-state index in [0.29, 0.717) is 10.8 Å². The Hall–Kier alpha value is -1.52. The lowest BCUT2D eigenvalue weighted by Gasteiger charge is -2.17. The third-order valence-electron chi connectivity index (χ3n) is 3.52. The summed E-state index contributed by atoms with van der Waals surface area (Å²) in [5.74, 6) is 0.419. The number of ether oxygens (including phenoxy) is 1. The summed E-state index contributed by atoms with van der Waals surface area (Å²) in [6.45, 7) is 6.02. The Bertz CT molecular complexity index is 718. The Morgan fingerprint density at radius 1 is 1.26 bits per heavy atom. The summed E-state index contributed by atoms with van der Waals surface area (Å²) in [6, 6.07) is 11.3. The molecule has 0 aliphatic carbocycles. The number of aryl methyl sites for hydroxylation is 2. The van der Waals surface area contributed by atoms with E-state index in [2.05, 4.69) is 34.2 Å². The number of halogens is 2. The summed E-state index contributed by atoms with van der Waals surface area (Å²) in [6.07, 6.45) is 0. The predicted molar refractivity (Wildman–Crippen MR) is 97.1 cm³/mol. The Morgan fingerprint density at radius 3 is 2.65 bits per heavy atom. The highest BCUT2D eigenvalue weighted by atomic mass is 79.9. The number of carbonyl (C=O) groups is 1. The van der Waals surface area contributed by atoms with Crippen molar-refractivity contribution in [1.29, 1.82) is 0 Å². The molecule has 0 heterocycles. The maximum Gasteiger partial charge on any atom is 0.258 e. The zero-order chi connectivity index (χ0) is 17.0. The fourth-order valence-corrected chi connectivity index (χ4v) is 3.21. The Balaban J connectivity index is 1.93. The quantitative estimate of drug-likeness (QED) is 0.774. The highest BCUT2D eigenvalue weighted by Crippen LogP contribution is 2.28. The van der Waals surface area contributed by atoms with Gasteiger partial charge in [0.05, 0.1) is 10.5 Å². The molecule has 2 aromatic carbocycles. The number of nitrogens with one attached hydrogen (secondary N) is 1. The number of rotatable bonds is 5. The molecule has 1 N–H and O–H groups in total. The number of amides is 1. The second-order valence-electron chi connectivity index (χ2n) is 5.51. The first-order chi connectivity index (χ1) is 10.9. The summed E-state index contributed by atoms with van der Waals surface area (Å²) in [7, 11) is 0. The van der Waals surface area contributed by atoms with Crippen LogP contribution >= 0.6 is 27.5 Å². The van der Waals surface area contributed by atoms with E-state index in [1.807, 2.05) is 26.0 Å². The SMILES string of the molecule is Cc1ccc(C(C)NC(=O)COc2ccc(Cl)cc2Br)c(C)c1. The van der Waals surface area contributed by atoms with Crippen LogP contribution in [-0.4, -0.2) is 12.5 Å². The van der Waals surface area contributed by atoms with Gasteiger partial charge in [0, 0.05) is 5.02 Å². The Kier molecular flexibility index (Phi) is 6.08. The summed E-state index contributed by atoms with van der Waals surface area (Å²) in [5, 5.41) is 3.56. The topological polar surface area (TPSA) is 38.3 Å². The Morgan fingerprint density at radius 2 is 2.00 bits per heavy atom. The molecule has 0 saturated carbocycles. The summed E-state index contributed by atoms with van der Waals surface area (Å²) >= 11 is 9.24. The molecule has 3 nitrogen and oxygen atoms in total. The van der Waals surface area contributed by atoms with Crippen LogP contribution in [0.3, 0.4) is 0 Å². The molecule has 5 heteroatoms. The maximum atomic E-state index is 12.1. The van der Waals surface area contributed by atoms with E-state index in [1.54, 1.807) is 18.2 Å². The van der Waals surface area contributed by atoms with Crippen LogP contribution in [0.2, 0.25) is 5.02 Å². The van der Waals surface area contributed by atoms with Gasteiger partial charge in [0.25, 0.3) is 5.91 Å². The molecule has 0 aromatic heterocycles. The van der Waals surface area contributed by atoms with Crippen LogP contribution < -0.4 is 10.1 Å². The van der Waals surface area contributed by atoms with E-state index < -0.39 is 0 Å². The van der Waals surface area contributed by atoms with Gasteiger partial charge in [0.15, 0.2) is 6.61 Å². The number of hydrogen-bond donors (Lipinski definition) is 1. The van der Waals surface area contributed by atoms with Gasteiger partial charge in [-0.2, -0.15) is 0 Å². The highest BCUT2D eigenvalue weighted by molar-refractivity contribution is 9.10. The average molecular weight is 397 g/mol. The number of benzene rings is 2. The zero-order valence-corrected chi connectivity index (χ0v) is 15.7. The van der Waals surface area contributed by atoms with Crippen molar-refractivity contribution in [3.63, 3.8) is 0 Å². The number of hydrogen-bond acceptors (Lipinski definition) is 2. The minimum Gasteiger partial charge on any atom is -0.483 e. The van der Waals surface area contributed by atoms with Crippen molar-refractivity contribution < 1.29 is 9.53 Å². The van der Waals surface area contributed by atoms with Crippen LogP contribution in [0.4, 0.5) is 0 Å². The van der Waals surface area contributed by atoms with Gasteiger partial charge in [-0.25, -0.2) is 0 Å². The maximum absolute atomic E-state index is 12.1. The van der Waals surface area contributed by atoms with E-state index in [9.17, 15) is 4.79 Å². The molecule has 1 amide bonds. The van der Waals surface area contributed by atoms with Crippen molar-refractivity contribution in [2.45, 2.75) is 26.8 Å². The summed E-state index contributed by atoms with van der Waals surface area (Å²) in [4.78, 5) is 12.1. The van der Waals surface area contributed by atoms with Crippen LogP contribution in [-0.2, 0) is 4.79 Å². The van der Waals surface area contributed by atoms with Crippen molar-refractivity contribution in [1.82, 2.24) is 5.32 Å². The molecule has 2 aromatic rings. The average Bonchev–Trinajstić information content (AvgIpc) is 2.46. The van der Waals surface area contributed by atoms with E-state index in [4.69, 9.17) is 16.3 Å². The van der Waals surface area contributed by atoms with Gasteiger partial charge in [-0.3, -0.25) is 4.79 Å². The van der Waals surface area contributed by atoms with Crippen molar-refractivity contribution in [3.8, 4) is 5.75 Å². The molecule has 0 spiro atoms. The molecule has 1 atom stereocenters. The molecule has 122 valence electrons. The van der Waals surface area contributed by atoms with Crippen LogP contribution in [0.15, 0.2) is 40.9 Å². The largest absolute Gasteiger partial charge is 0.483 e. The van der Waals surface area contributed by atoms with Crippen LogP contribution in [0.1, 0.15) is 29.7 Å². The van der Waals surface area contributed by atoms with Crippen molar-refractivity contribution in [3.05, 3.63) is 62.6 Å². The van der Waals surface area contributed by atoms with Gasteiger partial charge in [0.2, 0.25) is 0 Å². The van der Waals surface area contributed by atoms with Crippen molar-refractivity contribution >= 4 is 33.4 Å². The third-order valence-corrected chi connectivity index (χ3v) is 4.38. The fraction of sp³-hybridized carbons (Fsp3) is 0.278. The van der Waals surface area contributed by atoms with Gasteiger partial charge >= 0.3 is 0 Å². The van der Waals surface area contributed by atoms with Gasteiger partial charge < -0.3 is 10.1 Å². The second-order valence-corrected chi connectivity index (χ2v) is 6.80. The highest BCUT2D eigenvalue weighted by Gasteiger charge is 2.13. The predicted octanol–water partition coefficient (Wildman–Crippen LogP) is 4.98. The Labute approximate surface area is 150 Å². The van der Waals surface area contributed by atoms with Crippen LogP contribution in [0, 0.1) is 13.8 Å². The minimum atomic E-state index is -0.167. The van der Waals surface area contributed by atoms with Gasteiger partial charge in [0.1, 0.15) is 5.75 Å². The van der Waals surface area contributed by atoms with E-state index >= 15 is 0 Å². The summed E-state index contributed by atoms with van der Waals surface area (Å²) < 4.78 is 6.24. The lowest BCUT2D eigenvalue weighted by atomic mass is 10.0. The van der Waals surface area contributed by atoms with Crippen molar-refractivity contribution in [2.75, 3.05) is 6.61 Å². The van der Waals surface area contributed by atoms with Crippen molar-refractivity contribution in [2.24, 2.45) is 0 Å². The normalized spacial score (nSPS) is 11.9. The van der Waals surface area contributed by atoms with E-state index in [-0.39, 0.29) is 18.6 Å². The molecule has 0 bridgehead atoms. The molecule has 0 aliphatic heterocycles. The van der Waals surface area contributed by atoms with Gasteiger partial charge in [-0.1, -0.05) is 35.4 Å². The molecular formula is C18H19BrClNO2. The molecule has 2 rings (SSSR count). The third kappa shape index (κ3) is 4.98. The van der Waals surface area contributed by atoms with Gasteiger partial charge in [-0.05, 0) is 66.0 Å². The van der Waals surface area contributed by atoms with E-state index in [1.165, 1.54) is 11.1 Å². The lowest BCUT2D eigenvalue weighted by molar-refractivity contribution is -0.123. The number of carbonyl (C=O) groups excluding carboxylic acids is 1. The smallest absolute Gasteiger partial charge is 0.258 e. The lowest BCUT2D eigenvalue weighted by Crippen LogP contribution is -2.31. The van der Waals surface area contributed by atoms with Crippen LogP contribution in [0.25, 0.3) is 0 Å². The van der Waals surface area contributed by atoms with Crippen LogP contribution in [0.5, 0.6) is 5.75 Å². The molecular weight excluding hydrogens is 378 g/mol. The minimum absolute atomic E-state index is 0.0461. The van der Waals surface area contributed by atoms with Gasteiger partial charge in [-0.15, -0.1) is 0 Å². The first-order valence-electron chi connectivity index (χ1n) is 7.31. The molecule has 0 saturated heterocycles. The first-order valence-corrected chi connectivity index (χ1v) is 8.48. The zero-order valence-electron chi connectivity index (χ0n) is 13.3. The molecule has 0 aliphatic rings. The monoisotopic (exact) mass is 395 g/mol. The molecule has 0 radical (unpaired) electrons.